The predicted octanol–water partition coefficient (Wildman–Crippen LogP) is 22.0. The third kappa shape index (κ3) is 6.39. The summed E-state index contributed by atoms with van der Waals surface area (Å²) in [4.78, 5) is 4.83. The van der Waals surface area contributed by atoms with E-state index in [9.17, 15) is 0 Å². The highest BCUT2D eigenvalue weighted by Gasteiger charge is 2.36. The van der Waals surface area contributed by atoms with Crippen LogP contribution in [0.15, 0.2) is 258 Å². The fourth-order valence-corrected chi connectivity index (χ4v) is 13.9. The van der Waals surface area contributed by atoms with E-state index in [4.69, 9.17) is 8.83 Å². The Bertz CT molecular complexity index is 5330. The Morgan fingerprint density at radius 3 is 1.31 bits per heavy atom. The summed E-state index contributed by atoms with van der Waals surface area (Å²) < 4.78 is 13.7. The summed E-state index contributed by atoms with van der Waals surface area (Å²) in [6, 6.07) is 91.3. The van der Waals surface area contributed by atoms with Gasteiger partial charge < -0.3 is 18.6 Å². The molecule has 14 aromatic carbocycles. The molecule has 4 heteroatoms. The van der Waals surface area contributed by atoms with Crippen LogP contribution < -0.4 is 9.80 Å². The minimum Gasteiger partial charge on any atom is -0.454 e. The molecule has 1 aliphatic rings. The lowest BCUT2D eigenvalue weighted by atomic mass is 9.67. The van der Waals surface area contributed by atoms with Crippen molar-refractivity contribution in [3.63, 3.8) is 0 Å². The fraction of sp³-hybridized carbons (Fsp3) is 0.0526. The first-order valence-electron chi connectivity index (χ1n) is 27.7. The van der Waals surface area contributed by atoms with Crippen molar-refractivity contribution in [2.45, 2.75) is 26.2 Å². The molecule has 376 valence electrons. The number of fused-ring (bicyclic) bond motifs is 16. The van der Waals surface area contributed by atoms with Crippen molar-refractivity contribution in [3.8, 4) is 11.1 Å². The number of furan rings is 2. The van der Waals surface area contributed by atoms with Gasteiger partial charge in [-0.1, -0.05) is 190 Å². The molecule has 16 aromatic rings. The molecule has 0 spiro atoms. The molecule has 0 atom stereocenters. The molecule has 0 unspecified atom stereocenters. The summed E-state index contributed by atoms with van der Waals surface area (Å²) in [7, 11) is 0. The smallest absolute Gasteiger partial charge is 0.159 e. The summed E-state index contributed by atoms with van der Waals surface area (Å²) in [5.74, 6) is 0. The van der Waals surface area contributed by atoms with E-state index in [1.54, 1.807) is 0 Å². The Morgan fingerprint density at radius 2 is 0.738 bits per heavy atom. The van der Waals surface area contributed by atoms with E-state index in [0.29, 0.717) is 0 Å². The molecule has 0 radical (unpaired) electrons. The number of nitrogens with zero attached hydrogens (tertiary/aromatic N) is 2. The highest BCUT2D eigenvalue weighted by Crippen LogP contribution is 2.55. The van der Waals surface area contributed by atoms with Crippen LogP contribution >= 0.6 is 0 Å². The maximum absolute atomic E-state index is 6.85. The SMILES string of the molecule is Cc1c2c3c(cccc3c3cc(N(c4ccc5ccc6ccccc6c5c4)c4cccc5c4oc4ccccc45)ccc13)C(C)(C)c1cc(N(c3ccc4ccc5ccccc5c4c3)c3cccc4c3oc3ccccc34)ccc1-2. The molecule has 17 rings (SSSR count). The van der Waals surface area contributed by atoms with Crippen LogP contribution in [-0.2, 0) is 5.41 Å². The van der Waals surface area contributed by atoms with Crippen molar-refractivity contribution in [2.24, 2.45) is 0 Å². The molecule has 0 amide bonds. The van der Waals surface area contributed by atoms with Gasteiger partial charge in [0.1, 0.15) is 11.2 Å². The second-order valence-electron chi connectivity index (χ2n) is 22.4. The van der Waals surface area contributed by atoms with Gasteiger partial charge in [-0.25, -0.2) is 0 Å². The summed E-state index contributed by atoms with van der Waals surface area (Å²) in [5.41, 5.74) is 15.8. The summed E-state index contributed by atoms with van der Waals surface area (Å²) in [5, 5.41) is 19.2. The van der Waals surface area contributed by atoms with Crippen LogP contribution in [0.5, 0.6) is 0 Å². The van der Waals surface area contributed by atoms with Crippen molar-refractivity contribution in [2.75, 3.05) is 9.80 Å². The van der Waals surface area contributed by atoms with Gasteiger partial charge in [0.05, 0.1) is 11.4 Å². The van der Waals surface area contributed by atoms with Crippen LogP contribution in [0.25, 0.3) is 120 Å². The standard InChI is InChI=1S/C76H50N2O2/c1-45-54-39-37-52(77(68-25-13-22-60-57-19-8-10-27-70(57)79-74(60)68)50-35-33-48-31-29-46-15-4-6-17-55(46)63(48)41-50)43-65(54)59-21-12-24-66-73(59)72(45)62-40-38-53(44-67(62)76(66,2)3)78(69-26-14-23-61-58-20-9-11-28-71(58)80-75(61)69)51-36-34-49-32-30-47-16-5-7-18-56(47)64(49)42-51/h4-44H,1-3H3. The van der Waals surface area contributed by atoms with Gasteiger partial charge in [-0.3, -0.25) is 0 Å². The van der Waals surface area contributed by atoms with Crippen LogP contribution in [0.2, 0.25) is 0 Å². The molecule has 0 saturated carbocycles. The van der Waals surface area contributed by atoms with Crippen LogP contribution in [-0.4, -0.2) is 0 Å². The molecular formula is C76H50N2O2. The topological polar surface area (TPSA) is 32.8 Å². The van der Waals surface area contributed by atoms with E-state index in [1.165, 1.54) is 92.5 Å². The van der Waals surface area contributed by atoms with Crippen LogP contribution in [0.4, 0.5) is 34.1 Å². The third-order valence-electron chi connectivity index (χ3n) is 17.7. The Hall–Kier alpha value is -10.2. The maximum Gasteiger partial charge on any atom is 0.159 e. The molecule has 0 fully saturated rings. The highest BCUT2D eigenvalue weighted by molar-refractivity contribution is 6.21. The molecule has 1 aliphatic carbocycles. The third-order valence-corrected chi connectivity index (χ3v) is 17.7. The van der Waals surface area contributed by atoms with E-state index >= 15 is 0 Å². The molecule has 4 nitrogen and oxygen atoms in total. The Morgan fingerprint density at radius 1 is 0.312 bits per heavy atom. The highest BCUT2D eigenvalue weighted by atomic mass is 16.3. The van der Waals surface area contributed by atoms with Gasteiger partial charge in [0.2, 0.25) is 0 Å². The van der Waals surface area contributed by atoms with Crippen LogP contribution in [0.1, 0.15) is 30.5 Å². The Balaban J connectivity index is 0.876. The number of rotatable bonds is 6. The average Bonchev–Trinajstić information content (AvgIpc) is 4.19. The summed E-state index contributed by atoms with van der Waals surface area (Å²) in [6.45, 7) is 7.16. The number of hydrogen-bond donors (Lipinski definition) is 0. The number of anilines is 6. The number of hydrogen-bond acceptors (Lipinski definition) is 4. The second kappa shape index (κ2) is 16.7. The molecule has 80 heavy (non-hydrogen) atoms. The predicted molar refractivity (Wildman–Crippen MR) is 338 cm³/mol. The van der Waals surface area contributed by atoms with Crippen molar-refractivity contribution in [3.05, 3.63) is 265 Å². The first-order valence-corrected chi connectivity index (χ1v) is 27.7. The van der Waals surface area contributed by atoms with E-state index in [0.717, 1.165) is 78.0 Å². The molecule has 0 N–H and O–H groups in total. The lowest BCUT2D eigenvalue weighted by Crippen LogP contribution is -2.25. The lowest BCUT2D eigenvalue weighted by Gasteiger charge is -2.37. The fourth-order valence-electron chi connectivity index (χ4n) is 13.9. The zero-order chi connectivity index (χ0) is 53.0. The van der Waals surface area contributed by atoms with E-state index in [-0.39, 0.29) is 5.41 Å². The van der Waals surface area contributed by atoms with E-state index < -0.39 is 0 Å². The normalized spacial score (nSPS) is 13.0. The molecule has 2 heterocycles. The van der Waals surface area contributed by atoms with Gasteiger partial charge in [0.15, 0.2) is 11.2 Å². The summed E-state index contributed by atoms with van der Waals surface area (Å²) in [6.07, 6.45) is 0. The van der Waals surface area contributed by atoms with Crippen molar-refractivity contribution < 1.29 is 8.83 Å². The van der Waals surface area contributed by atoms with Crippen molar-refractivity contribution in [1.29, 1.82) is 0 Å². The van der Waals surface area contributed by atoms with Gasteiger partial charge in [-0.15, -0.1) is 0 Å². The van der Waals surface area contributed by atoms with Gasteiger partial charge in [0.25, 0.3) is 0 Å². The minimum absolute atomic E-state index is 0.372. The molecule has 0 saturated heterocycles. The minimum atomic E-state index is -0.372. The number of para-hydroxylation sites is 4. The van der Waals surface area contributed by atoms with E-state index in [1.807, 2.05) is 0 Å². The zero-order valence-electron chi connectivity index (χ0n) is 44.4. The number of benzene rings is 14. The molecular weight excluding hydrogens is 973 g/mol. The lowest BCUT2D eigenvalue weighted by molar-refractivity contribution is 0.645. The van der Waals surface area contributed by atoms with Crippen molar-refractivity contribution in [1.82, 2.24) is 0 Å². The Labute approximate surface area is 461 Å². The second-order valence-corrected chi connectivity index (χ2v) is 22.4. The van der Waals surface area contributed by atoms with Crippen molar-refractivity contribution >= 4 is 143 Å². The largest absolute Gasteiger partial charge is 0.454 e. The van der Waals surface area contributed by atoms with Gasteiger partial charge in [-0.2, -0.15) is 0 Å². The maximum atomic E-state index is 6.85. The van der Waals surface area contributed by atoms with Gasteiger partial charge in [0, 0.05) is 49.7 Å². The number of aryl methyl sites for hydroxylation is 1. The van der Waals surface area contributed by atoms with E-state index in [2.05, 4.69) is 279 Å². The summed E-state index contributed by atoms with van der Waals surface area (Å²) >= 11 is 0. The molecule has 0 aliphatic heterocycles. The van der Waals surface area contributed by atoms with Crippen LogP contribution in [0.3, 0.4) is 0 Å². The molecule has 0 bridgehead atoms. The average molecular weight is 1020 g/mol. The van der Waals surface area contributed by atoms with Gasteiger partial charge >= 0.3 is 0 Å². The quantitative estimate of drug-likeness (QED) is 0.155. The molecule has 2 aromatic heterocycles. The van der Waals surface area contributed by atoms with Crippen LogP contribution in [0, 0.1) is 6.92 Å². The Kier molecular flexibility index (Phi) is 9.36. The zero-order valence-corrected chi connectivity index (χ0v) is 44.4. The first kappa shape index (κ1) is 44.9. The first-order chi connectivity index (χ1) is 39.3. The monoisotopic (exact) mass is 1020 g/mol. The van der Waals surface area contributed by atoms with Gasteiger partial charge in [-0.05, 0) is 172 Å².